The third-order valence-corrected chi connectivity index (χ3v) is 6.34. The Hall–Kier alpha value is -4.79. The Morgan fingerprint density at radius 1 is 0.951 bits per heavy atom. The van der Waals surface area contributed by atoms with Crippen molar-refractivity contribution in [1.82, 2.24) is 20.6 Å². The Morgan fingerprint density at radius 2 is 1.76 bits per heavy atom. The van der Waals surface area contributed by atoms with Crippen LogP contribution >= 0.6 is 0 Å². The van der Waals surface area contributed by atoms with Crippen LogP contribution in [0.3, 0.4) is 0 Å². The molecule has 2 aromatic heterocycles. The number of benzene rings is 2. The normalized spacial score (nSPS) is 10.7. The SMILES string of the molecule is CCNC(=O)CCCNC(=O)c1c[nH]c(-c2cc(Oc3ccc(CC(=O)Cc4cc(C)ccc4F)cc3)ccn2)c1. The number of aryl methyl sites for hydroxylation is 1. The number of rotatable bonds is 13. The van der Waals surface area contributed by atoms with Gasteiger partial charge in [-0.2, -0.15) is 0 Å². The highest BCUT2D eigenvalue weighted by molar-refractivity contribution is 5.95. The molecule has 4 rings (SSSR count). The summed E-state index contributed by atoms with van der Waals surface area (Å²) >= 11 is 0. The van der Waals surface area contributed by atoms with Gasteiger partial charge in [-0.15, -0.1) is 0 Å². The fourth-order valence-corrected chi connectivity index (χ4v) is 4.29. The maximum Gasteiger partial charge on any atom is 0.252 e. The van der Waals surface area contributed by atoms with Gasteiger partial charge in [-0.05, 0) is 61.7 Å². The molecule has 0 unspecified atom stereocenters. The fourth-order valence-electron chi connectivity index (χ4n) is 4.29. The molecule has 0 aliphatic rings. The number of carbonyl (C=O) groups is 3. The molecule has 4 aromatic rings. The van der Waals surface area contributed by atoms with Crippen molar-refractivity contribution in [2.24, 2.45) is 0 Å². The van der Waals surface area contributed by atoms with Gasteiger partial charge in [0, 0.05) is 50.8 Å². The highest BCUT2D eigenvalue weighted by Crippen LogP contribution is 2.26. The number of aromatic nitrogens is 2. The van der Waals surface area contributed by atoms with Crippen molar-refractivity contribution in [3.63, 3.8) is 0 Å². The van der Waals surface area contributed by atoms with Crippen molar-refractivity contribution < 1.29 is 23.5 Å². The lowest BCUT2D eigenvalue weighted by Gasteiger charge is -2.08. The first-order valence-electron chi connectivity index (χ1n) is 13.5. The number of pyridine rings is 1. The van der Waals surface area contributed by atoms with Gasteiger partial charge in [-0.3, -0.25) is 19.4 Å². The Labute approximate surface area is 238 Å². The second kappa shape index (κ2) is 14.0. The summed E-state index contributed by atoms with van der Waals surface area (Å²) in [6.07, 6.45) is 4.39. The lowest BCUT2D eigenvalue weighted by molar-refractivity contribution is -0.121. The van der Waals surface area contributed by atoms with E-state index in [-0.39, 0.29) is 36.3 Å². The number of hydrogen-bond donors (Lipinski definition) is 3. The zero-order valence-corrected chi connectivity index (χ0v) is 23.1. The Kier molecular flexibility index (Phi) is 9.99. The van der Waals surface area contributed by atoms with Crippen molar-refractivity contribution in [2.75, 3.05) is 13.1 Å². The number of amides is 2. The fraction of sp³-hybridized carbons (Fsp3) is 0.250. The Bertz CT molecular complexity index is 1510. The predicted molar refractivity (Wildman–Crippen MR) is 154 cm³/mol. The van der Waals surface area contributed by atoms with Crippen LogP contribution in [0.2, 0.25) is 0 Å². The first kappa shape index (κ1) is 29.2. The number of nitrogens with zero attached hydrogens (tertiary/aromatic N) is 1. The zero-order chi connectivity index (χ0) is 29.2. The number of aromatic amines is 1. The minimum Gasteiger partial charge on any atom is -0.457 e. The monoisotopic (exact) mass is 556 g/mol. The van der Waals surface area contributed by atoms with E-state index in [1.165, 1.54) is 6.07 Å². The van der Waals surface area contributed by atoms with Crippen LogP contribution in [0.4, 0.5) is 4.39 Å². The number of halogens is 1. The standard InChI is InChI=1S/C32H33FN4O4/c1-3-34-31(39)5-4-13-36-32(40)24-18-29(37-20-24)30-19-27(12-14-35-30)41-26-9-7-22(8-10-26)16-25(38)17-23-15-21(2)6-11-28(23)33/h6-12,14-15,18-20,37H,3-5,13,16-17H2,1-2H3,(H,34,39)(H,36,40). The summed E-state index contributed by atoms with van der Waals surface area (Å²) in [5.74, 6) is 0.436. The Morgan fingerprint density at radius 3 is 2.54 bits per heavy atom. The van der Waals surface area contributed by atoms with Crippen molar-refractivity contribution in [3.05, 3.63) is 101 Å². The average molecular weight is 557 g/mol. The quantitative estimate of drug-likeness (QED) is 0.193. The molecule has 0 atom stereocenters. The maximum absolute atomic E-state index is 14.0. The maximum atomic E-state index is 14.0. The molecule has 0 saturated carbocycles. The third-order valence-electron chi connectivity index (χ3n) is 6.34. The van der Waals surface area contributed by atoms with E-state index in [1.807, 2.05) is 26.0 Å². The van der Waals surface area contributed by atoms with E-state index in [0.717, 1.165) is 11.1 Å². The summed E-state index contributed by atoms with van der Waals surface area (Å²) < 4.78 is 20.0. The van der Waals surface area contributed by atoms with Crippen LogP contribution in [-0.4, -0.2) is 40.7 Å². The van der Waals surface area contributed by atoms with Crippen LogP contribution in [0.15, 0.2) is 73.1 Å². The minimum absolute atomic E-state index is 0.0309. The summed E-state index contributed by atoms with van der Waals surface area (Å²) in [6.45, 7) is 4.72. The molecule has 2 heterocycles. The summed E-state index contributed by atoms with van der Waals surface area (Å²) in [6, 6.07) is 17.1. The molecule has 0 aliphatic carbocycles. The molecule has 0 spiro atoms. The molecule has 0 saturated heterocycles. The number of ether oxygens (including phenoxy) is 1. The number of Topliss-reactive ketones (excluding diaryl/α,β-unsaturated/α-hetero) is 1. The van der Waals surface area contributed by atoms with Crippen molar-refractivity contribution in [3.8, 4) is 22.9 Å². The van der Waals surface area contributed by atoms with E-state index in [2.05, 4.69) is 20.6 Å². The smallest absolute Gasteiger partial charge is 0.252 e. The zero-order valence-electron chi connectivity index (χ0n) is 23.1. The topological polar surface area (TPSA) is 113 Å². The van der Waals surface area contributed by atoms with E-state index in [1.54, 1.807) is 54.9 Å². The molecule has 2 amide bonds. The van der Waals surface area contributed by atoms with Gasteiger partial charge in [0.25, 0.3) is 5.91 Å². The number of hydrogen-bond acceptors (Lipinski definition) is 5. The average Bonchev–Trinajstić information content (AvgIpc) is 3.45. The summed E-state index contributed by atoms with van der Waals surface area (Å²) in [7, 11) is 0. The summed E-state index contributed by atoms with van der Waals surface area (Å²) in [4.78, 5) is 43.9. The number of H-pyrrole nitrogens is 1. The van der Waals surface area contributed by atoms with E-state index in [9.17, 15) is 18.8 Å². The van der Waals surface area contributed by atoms with Crippen LogP contribution in [0.1, 0.15) is 46.8 Å². The second-order valence-electron chi connectivity index (χ2n) is 9.72. The van der Waals surface area contributed by atoms with Gasteiger partial charge >= 0.3 is 0 Å². The second-order valence-corrected chi connectivity index (χ2v) is 9.72. The highest BCUT2D eigenvalue weighted by Gasteiger charge is 2.12. The van der Waals surface area contributed by atoms with Gasteiger partial charge in [0.05, 0.1) is 17.0 Å². The largest absolute Gasteiger partial charge is 0.457 e. The minimum atomic E-state index is -0.367. The first-order chi connectivity index (χ1) is 19.8. The molecule has 9 heteroatoms. The Balaban J connectivity index is 1.30. The van der Waals surface area contributed by atoms with E-state index in [4.69, 9.17) is 4.74 Å². The molecular weight excluding hydrogens is 523 g/mol. The highest BCUT2D eigenvalue weighted by atomic mass is 19.1. The van der Waals surface area contributed by atoms with Crippen LogP contribution < -0.4 is 15.4 Å². The first-order valence-corrected chi connectivity index (χ1v) is 13.5. The van der Waals surface area contributed by atoms with Crippen molar-refractivity contribution in [1.29, 1.82) is 0 Å². The van der Waals surface area contributed by atoms with Crippen molar-refractivity contribution >= 4 is 17.6 Å². The lowest BCUT2D eigenvalue weighted by Crippen LogP contribution is -2.27. The van der Waals surface area contributed by atoms with Crippen LogP contribution in [0.25, 0.3) is 11.4 Å². The molecule has 0 fully saturated rings. The predicted octanol–water partition coefficient (Wildman–Crippen LogP) is 5.32. The van der Waals surface area contributed by atoms with Gasteiger partial charge in [0.15, 0.2) is 0 Å². The van der Waals surface area contributed by atoms with E-state index in [0.29, 0.717) is 59.9 Å². The van der Waals surface area contributed by atoms with Gasteiger partial charge in [0.1, 0.15) is 23.1 Å². The molecule has 0 aliphatic heterocycles. The number of nitrogens with one attached hydrogen (secondary N) is 3. The van der Waals surface area contributed by atoms with E-state index < -0.39 is 0 Å². The van der Waals surface area contributed by atoms with Crippen LogP contribution in [-0.2, 0) is 22.4 Å². The van der Waals surface area contributed by atoms with E-state index >= 15 is 0 Å². The molecule has 0 radical (unpaired) electrons. The molecule has 8 nitrogen and oxygen atoms in total. The van der Waals surface area contributed by atoms with Gasteiger partial charge in [-0.25, -0.2) is 4.39 Å². The molecule has 3 N–H and O–H groups in total. The third kappa shape index (κ3) is 8.60. The molecule has 0 bridgehead atoms. The van der Waals surface area contributed by atoms with Crippen molar-refractivity contribution in [2.45, 2.75) is 39.5 Å². The molecule has 212 valence electrons. The molecular formula is C32H33FN4O4. The lowest BCUT2D eigenvalue weighted by atomic mass is 10.0. The van der Waals surface area contributed by atoms with Crippen LogP contribution in [0, 0.1) is 12.7 Å². The molecule has 41 heavy (non-hydrogen) atoms. The van der Waals surface area contributed by atoms with Gasteiger partial charge in [-0.1, -0.05) is 29.8 Å². The van der Waals surface area contributed by atoms with Crippen LogP contribution in [0.5, 0.6) is 11.5 Å². The summed E-state index contributed by atoms with van der Waals surface area (Å²) in [5.41, 5.74) is 3.85. The van der Waals surface area contributed by atoms with Gasteiger partial charge in [0.2, 0.25) is 5.91 Å². The number of carbonyl (C=O) groups excluding carboxylic acids is 3. The van der Waals surface area contributed by atoms with Gasteiger partial charge < -0.3 is 20.4 Å². The molecule has 2 aromatic carbocycles. The summed E-state index contributed by atoms with van der Waals surface area (Å²) in [5, 5.41) is 5.55. The number of ketones is 1.